The Kier molecular flexibility index (Phi) is 8.48. The summed E-state index contributed by atoms with van der Waals surface area (Å²) in [5.74, 6) is -0.828. The van der Waals surface area contributed by atoms with E-state index in [0.29, 0.717) is 37.5 Å². The maximum absolute atomic E-state index is 13.3. The molecule has 0 spiro atoms. The number of ketones is 1. The Morgan fingerprint density at radius 3 is 2.34 bits per heavy atom. The van der Waals surface area contributed by atoms with Crippen LogP contribution in [0.4, 0.5) is 5.69 Å². The van der Waals surface area contributed by atoms with Gasteiger partial charge in [0.2, 0.25) is 0 Å². The number of carbonyl (C=O) groups excluding carboxylic acids is 2. The van der Waals surface area contributed by atoms with Gasteiger partial charge in [0, 0.05) is 45.6 Å². The molecule has 1 aliphatic heterocycles. The number of methoxy groups -OCH3 is 1. The molecule has 3 aromatic carbocycles. The fourth-order valence-electron chi connectivity index (χ4n) is 4.64. The van der Waals surface area contributed by atoms with Gasteiger partial charge in [0.25, 0.3) is 11.7 Å². The summed E-state index contributed by atoms with van der Waals surface area (Å²) in [6.45, 7) is 3.10. The number of aliphatic hydroxyl groups is 1. The molecule has 0 saturated carbocycles. The molecule has 7 heteroatoms. The van der Waals surface area contributed by atoms with Crippen LogP contribution in [0.3, 0.4) is 0 Å². The van der Waals surface area contributed by atoms with E-state index in [1.807, 2.05) is 80.5 Å². The van der Waals surface area contributed by atoms with Gasteiger partial charge in [-0.3, -0.25) is 9.59 Å². The zero-order valence-electron chi connectivity index (χ0n) is 22.3. The fourth-order valence-corrected chi connectivity index (χ4v) is 4.64. The minimum absolute atomic E-state index is 0.0855. The van der Waals surface area contributed by atoms with Gasteiger partial charge in [-0.1, -0.05) is 42.5 Å². The Morgan fingerprint density at radius 2 is 1.71 bits per heavy atom. The number of rotatable bonds is 10. The van der Waals surface area contributed by atoms with Crippen LogP contribution in [0.2, 0.25) is 0 Å². The summed E-state index contributed by atoms with van der Waals surface area (Å²) < 4.78 is 11.1. The van der Waals surface area contributed by atoms with Crippen LogP contribution in [0.15, 0.2) is 78.4 Å². The molecule has 38 heavy (non-hydrogen) atoms. The van der Waals surface area contributed by atoms with Gasteiger partial charge in [-0.05, 0) is 60.4 Å². The van der Waals surface area contributed by atoms with Crippen LogP contribution in [0, 0.1) is 6.92 Å². The van der Waals surface area contributed by atoms with Crippen LogP contribution >= 0.6 is 0 Å². The molecule has 0 radical (unpaired) electrons. The van der Waals surface area contributed by atoms with Gasteiger partial charge in [0.05, 0.1) is 11.6 Å². The van der Waals surface area contributed by atoms with Gasteiger partial charge >= 0.3 is 0 Å². The predicted octanol–water partition coefficient (Wildman–Crippen LogP) is 5.10. The molecule has 1 aliphatic rings. The largest absolute Gasteiger partial charge is 0.507 e. The third-order valence-corrected chi connectivity index (χ3v) is 6.70. The standard InChI is InChI=1S/C31H34N2O5/c1-21-19-24(13-16-26(21)38-20-22-9-6-5-7-10-22)29(34)27-28(23-11-14-25(15-12-23)32(2)3)33(17-8-18-37-4)31(36)30(27)35/h5-7,9-16,19,28,34H,8,17-18,20H2,1-4H3/b29-27-. The molecule has 1 saturated heterocycles. The number of aliphatic hydroxyl groups excluding tert-OH is 1. The lowest BCUT2D eigenvalue weighted by molar-refractivity contribution is -0.140. The Hall–Kier alpha value is -4.10. The summed E-state index contributed by atoms with van der Waals surface area (Å²) in [5, 5.41) is 11.4. The fraction of sp³-hybridized carbons (Fsp3) is 0.290. The Balaban J connectivity index is 1.69. The highest BCUT2D eigenvalue weighted by molar-refractivity contribution is 6.46. The van der Waals surface area contributed by atoms with E-state index in [9.17, 15) is 14.7 Å². The molecule has 0 aromatic heterocycles. The molecule has 7 nitrogen and oxygen atoms in total. The number of anilines is 1. The Morgan fingerprint density at radius 1 is 1.00 bits per heavy atom. The molecule has 0 aliphatic carbocycles. The third-order valence-electron chi connectivity index (χ3n) is 6.70. The highest BCUT2D eigenvalue weighted by Crippen LogP contribution is 2.40. The van der Waals surface area contributed by atoms with Crippen LogP contribution in [0.25, 0.3) is 5.76 Å². The van der Waals surface area contributed by atoms with Crippen molar-refractivity contribution >= 4 is 23.1 Å². The summed E-state index contributed by atoms with van der Waals surface area (Å²) >= 11 is 0. The van der Waals surface area contributed by atoms with Crippen LogP contribution in [-0.4, -0.2) is 56.1 Å². The molecule has 1 unspecified atom stereocenters. The highest BCUT2D eigenvalue weighted by Gasteiger charge is 2.45. The van der Waals surface area contributed by atoms with Crippen LogP contribution in [0.5, 0.6) is 5.75 Å². The van der Waals surface area contributed by atoms with Crippen molar-refractivity contribution < 1.29 is 24.2 Å². The number of likely N-dealkylation sites (tertiary alicyclic amines) is 1. The lowest BCUT2D eigenvalue weighted by Gasteiger charge is -2.26. The van der Waals surface area contributed by atoms with Crippen molar-refractivity contribution in [3.05, 3.63) is 101 Å². The van der Waals surface area contributed by atoms with E-state index in [1.54, 1.807) is 25.3 Å². The van der Waals surface area contributed by atoms with Gasteiger partial charge in [0.1, 0.15) is 18.1 Å². The lowest BCUT2D eigenvalue weighted by Crippen LogP contribution is -2.31. The monoisotopic (exact) mass is 514 g/mol. The van der Waals surface area contributed by atoms with Gasteiger partial charge in [-0.15, -0.1) is 0 Å². The molecule has 1 heterocycles. The first-order valence-electron chi connectivity index (χ1n) is 12.6. The molecule has 1 amide bonds. The van der Waals surface area contributed by atoms with Crippen LogP contribution in [0.1, 0.15) is 34.7 Å². The van der Waals surface area contributed by atoms with Crippen molar-refractivity contribution in [1.29, 1.82) is 0 Å². The van der Waals surface area contributed by atoms with E-state index in [1.165, 1.54) is 4.90 Å². The second-order valence-electron chi connectivity index (χ2n) is 9.58. The van der Waals surface area contributed by atoms with Crippen molar-refractivity contribution in [3.8, 4) is 5.75 Å². The topological polar surface area (TPSA) is 79.3 Å². The van der Waals surface area contributed by atoms with E-state index in [0.717, 1.165) is 22.4 Å². The quantitative estimate of drug-likeness (QED) is 0.176. The predicted molar refractivity (Wildman–Crippen MR) is 148 cm³/mol. The molecule has 3 aromatic rings. The number of Topliss-reactive ketones (excluding diaryl/α,β-unsaturated/α-hetero) is 1. The van der Waals surface area contributed by atoms with Crippen molar-refractivity contribution in [3.63, 3.8) is 0 Å². The van der Waals surface area contributed by atoms with Gasteiger partial charge < -0.3 is 24.4 Å². The second-order valence-corrected chi connectivity index (χ2v) is 9.58. The molecular weight excluding hydrogens is 480 g/mol. The molecular formula is C31H34N2O5. The number of benzene rings is 3. The van der Waals surface area contributed by atoms with E-state index in [4.69, 9.17) is 9.47 Å². The van der Waals surface area contributed by atoms with E-state index >= 15 is 0 Å². The number of amides is 1. The van der Waals surface area contributed by atoms with Gasteiger partial charge in [0.15, 0.2) is 0 Å². The number of aryl methyl sites for hydroxylation is 1. The summed E-state index contributed by atoms with van der Waals surface area (Å²) in [6.07, 6.45) is 0.572. The van der Waals surface area contributed by atoms with Crippen molar-refractivity contribution in [2.24, 2.45) is 0 Å². The molecule has 4 rings (SSSR count). The molecule has 1 N–H and O–H groups in total. The second kappa shape index (κ2) is 12.0. The summed E-state index contributed by atoms with van der Waals surface area (Å²) in [6, 6.07) is 22.1. The van der Waals surface area contributed by atoms with Crippen LogP contribution in [-0.2, 0) is 20.9 Å². The maximum atomic E-state index is 13.3. The Labute approximate surface area is 223 Å². The number of hydrogen-bond donors (Lipinski definition) is 1. The maximum Gasteiger partial charge on any atom is 0.295 e. The Bertz CT molecular complexity index is 1320. The average Bonchev–Trinajstić information content (AvgIpc) is 3.17. The normalized spacial score (nSPS) is 16.6. The SMILES string of the molecule is COCCCN1C(=O)C(=O)/C(=C(\O)c2ccc(OCc3ccccc3)c(C)c2)C1c1ccc(N(C)C)cc1. The smallest absolute Gasteiger partial charge is 0.295 e. The van der Waals surface area contributed by atoms with E-state index < -0.39 is 17.7 Å². The molecule has 0 bridgehead atoms. The van der Waals surface area contributed by atoms with Gasteiger partial charge in [-0.2, -0.15) is 0 Å². The average molecular weight is 515 g/mol. The van der Waals surface area contributed by atoms with Crippen LogP contribution < -0.4 is 9.64 Å². The van der Waals surface area contributed by atoms with Crippen molar-refractivity contribution in [1.82, 2.24) is 4.90 Å². The van der Waals surface area contributed by atoms with Gasteiger partial charge in [-0.25, -0.2) is 0 Å². The minimum atomic E-state index is -0.697. The summed E-state index contributed by atoms with van der Waals surface area (Å²) in [4.78, 5) is 29.9. The zero-order chi connectivity index (χ0) is 27.2. The molecule has 1 atom stereocenters. The van der Waals surface area contributed by atoms with Crippen molar-refractivity contribution in [2.45, 2.75) is 26.0 Å². The summed E-state index contributed by atoms with van der Waals surface area (Å²) in [7, 11) is 5.49. The number of carbonyl (C=O) groups is 2. The number of ether oxygens (including phenoxy) is 2. The minimum Gasteiger partial charge on any atom is -0.507 e. The van der Waals surface area contributed by atoms with E-state index in [-0.39, 0.29) is 11.3 Å². The first-order valence-corrected chi connectivity index (χ1v) is 12.6. The lowest BCUT2D eigenvalue weighted by atomic mass is 9.94. The highest BCUT2D eigenvalue weighted by atomic mass is 16.5. The zero-order valence-corrected chi connectivity index (χ0v) is 22.3. The first-order chi connectivity index (χ1) is 18.3. The van der Waals surface area contributed by atoms with E-state index in [2.05, 4.69) is 0 Å². The third kappa shape index (κ3) is 5.73. The molecule has 1 fully saturated rings. The first kappa shape index (κ1) is 26.9. The molecule has 198 valence electrons. The number of nitrogens with zero attached hydrogens (tertiary/aromatic N) is 2. The van der Waals surface area contributed by atoms with Crippen molar-refractivity contribution in [2.75, 3.05) is 39.3 Å². The summed E-state index contributed by atoms with van der Waals surface area (Å²) in [5.41, 5.74) is 4.15. The number of hydrogen-bond acceptors (Lipinski definition) is 6.